The molecule has 0 spiro atoms. The van der Waals surface area contributed by atoms with Gasteiger partial charge in [-0.15, -0.1) is 0 Å². The molecule has 1 saturated carbocycles. The number of halogens is 2. The zero-order valence-corrected chi connectivity index (χ0v) is 11.9. The van der Waals surface area contributed by atoms with Crippen LogP contribution in [0, 0.1) is 5.92 Å². The second-order valence-corrected chi connectivity index (χ2v) is 5.34. The summed E-state index contributed by atoms with van der Waals surface area (Å²) in [4.78, 5) is 0. The third kappa shape index (κ3) is 4.53. The van der Waals surface area contributed by atoms with Crippen LogP contribution in [0.15, 0.2) is 30.3 Å². The Morgan fingerprint density at radius 3 is 2.70 bits per heavy atom. The molecule has 0 heterocycles. The fraction of sp³-hybridized carbons (Fsp3) is 0.625. The summed E-state index contributed by atoms with van der Waals surface area (Å²) in [6, 6.07) is 10.9. The topological polar surface area (TPSA) is 21.3 Å². The monoisotopic (exact) mass is 283 g/mol. The van der Waals surface area contributed by atoms with Gasteiger partial charge in [0.05, 0.1) is 0 Å². The van der Waals surface area contributed by atoms with Crippen molar-refractivity contribution < 1.29 is 13.5 Å². The molecule has 2 nitrogen and oxygen atoms in total. The Labute approximate surface area is 119 Å². The van der Waals surface area contributed by atoms with Gasteiger partial charge in [-0.25, -0.2) is 8.78 Å². The van der Waals surface area contributed by atoms with Gasteiger partial charge < -0.3 is 10.1 Å². The van der Waals surface area contributed by atoms with Gasteiger partial charge in [0.25, 0.3) is 6.43 Å². The van der Waals surface area contributed by atoms with E-state index >= 15 is 0 Å². The van der Waals surface area contributed by atoms with Crippen LogP contribution in [0.3, 0.4) is 0 Å². The first kappa shape index (κ1) is 15.4. The van der Waals surface area contributed by atoms with E-state index < -0.39 is 13.0 Å². The highest BCUT2D eigenvalue weighted by molar-refractivity contribution is 5.26. The van der Waals surface area contributed by atoms with Gasteiger partial charge >= 0.3 is 0 Å². The van der Waals surface area contributed by atoms with Gasteiger partial charge in [0, 0.05) is 12.6 Å². The van der Waals surface area contributed by atoms with Crippen LogP contribution in [0.2, 0.25) is 0 Å². The van der Waals surface area contributed by atoms with Gasteiger partial charge in [0.1, 0.15) is 6.61 Å². The van der Waals surface area contributed by atoms with Crippen molar-refractivity contribution in [3.63, 3.8) is 0 Å². The molecule has 2 rings (SSSR count). The van der Waals surface area contributed by atoms with Crippen LogP contribution in [-0.4, -0.2) is 32.2 Å². The van der Waals surface area contributed by atoms with Crippen LogP contribution < -0.4 is 5.32 Å². The third-order valence-electron chi connectivity index (χ3n) is 3.87. The van der Waals surface area contributed by atoms with E-state index in [4.69, 9.17) is 4.74 Å². The summed E-state index contributed by atoms with van der Waals surface area (Å²) in [5.74, 6) is 1.21. The first-order chi connectivity index (χ1) is 9.72. The Balaban J connectivity index is 1.78. The van der Waals surface area contributed by atoms with Crippen LogP contribution >= 0.6 is 0 Å². The second-order valence-electron chi connectivity index (χ2n) is 5.34. The number of benzene rings is 1. The molecule has 1 aromatic rings. The lowest BCUT2D eigenvalue weighted by Crippen LogP contribution is -2.32. The average Bonchev–Trinajstić information content (AvgIpc) is 3.23. The first-order valence-corrected chi connectivity index (χ1v) is 7.36. The summed E-state index contributed by atoms with van der Waals surface area (Å²) >= 11 is 0. The lowest BCUT2D eigenvalue weighted by atomic mass is 10.0. The fourth-order valence-electron chi connectivity index (χ4n) is 2.86. The van der Waals surface area contributed by atoms with Crippen molar-refractivity contribution in [3.05, 3.63) is 35.9 Å². The minimum atomic E-state index is -2.37. The number of nitrogens with one attached hydrogen (secondary N) is 1. The molecule has 0 radical (unpaired) electrons. The molecule has 0 bridgehead atoms. The van der Waals surface area contributed by atoms with Gasteiger partial charge in [0.2, 0.25) is 0 Å². The van der Waals surface area contributed by atoms with Gasteiger partial charge in [-0.2, -0.15) is 0 Å². The number of hydrogen-bond acceptors (Lipinski definition) is 2. The molecule has 3 unspecified atom stereocenters. The van der Waals surface area contributed by atoms with Crippen molar-refractivity contribution in [3.8, 4) is 0 Å². The van der Waals surface area contributed by atoms with Gasteiger partial charge in [-0.05, 0) is 36.8 Å². The Kier molecular flexibility index (Phi) is 5.92. The Bertz CT molecular complexity index is 385. The molecule has 1 aliphatic carbocycles. The number of alkyl halides is 2. The molecular weight excluding hydrogens is 260 g/mol. The molecule has 0 saturated heterocycles. The minimum absolute atomic E-state index is 0.364. The third-order valence-corrected chi connectivity index (χ3v) is 3.87. The molecule has 0 amide bonds. The zero-order chi connectivity index (χ0) is 14.4. The summed E-state index contributed by atoms with van der Waals surface area (Å²) in [7, 11) is 0. The maximum atomic E-state index is 12.0. The van der Waals surface area contributed by atoms with Gasteiger partial charge in [-0.3, -0.25) is 0 Å². The molecule has 1 aromatic carbocycles. The summed E-state index contributed by atoms with van der Waals surface area (Å²) in [5.41, 5.74) is 1.38. The summed E-state index contributed by atoms with van der Waals surface area (Å²) in [5, 5.41) is 3.46. The van der Waals surface area contributed by atoms with E-state index in [0.29, 0.717) is 24.5 Å². The van der Waals surface area contributed by atoms with E-state index in [1.54, 1.807) is 0 Å². The van der Waals surface area contributed by atoms with Crippen molar-refractivity contribution >= 4 is 0 Å². The van der Waals surface area contributed by atoms with E-state index in [2.05, 4.69) is 36.5 Å². The van der Waals surface area contributed by atoms with Crippen LogP contribution in [-0.2, 0) is 4.74 Å². The predicted octanol–water partition coefficient (Wildman–Crippen LogP) is 3.44. The Hall–Kier alpha value is -1.00. The molecule has 20 heavy (non-hydrogen) atoms. The molecule has 1 N–H and O–H groups in total. The number of hydrogen-bond donors (Lipinski definition) is 1. The van der Waals surface area contributed by atoms with Crippen molar-refractivity contribution in [2.75, 3.05) is 19.8 Å². The molecule has 1 fully saturated rings. The van der Waals surface area contributed by atoms with E-state index in [1.807, 2.05) is 6.07 Å². The highest BCUT2D eigenvalue weighted by Gasteiger charge is 2.43. The van der Waals surface area contributed by atoms with Crippen molar-refractivity contribution in [2.24, 2.45) is 5.92 Å². The van der Waals surface area contributed by atoms with Crippen molar-refractivity contribution in [1.82, 2.24) is 5.32 Å². The molecule has 0 aromatic heterocycles. The predicted molar refractivity (Wildman–Crippen MR) is 76.2 cm³/mol. The Morgan fingerprint density at radius 2 is 2.05 bits per heavy atom. The van der Waals surface area contributed by atoms with Crippen LogP contribution in [0.1, 0.15) is 31.2 Å². The number of ether oxygens (including phenoxy) is 1. The molecular formula is C16H23F2NO. The first-order valence-electron chi connectivity index (χ1n) is 7.36. The highest BCUT2D eigenvalue weighted by Crippen LogP contribution is 2.50. The number of rotatable bonds is 9. The minimum Gasteiger partial charge on any atom is -0.375 e. The smallest absolute Gasteiger partial charge is 0.261 e. The van der Waals surface area contributed by atoms with Gasteiger partial charge in [0.15, 0.2) is 0 Å². The lowest BCUT2D eigenvalue weighted by Gasteiger charge is -2.18. The van der Waals surface area contributed by atoms with Crippen molar-refractivity contribution in [2.45, 2.75) is 38.2 Å². The summed E-state index contributed by atoms with van der Waals surface area (Å²) in [6.45, 7) is 2.93. The summed E-state index contributed by atoms with van der Waals surface area (Å²) in [6.07, 6.45) is -0.393. The normalized spacial score (nSPS) is 23.0. The fourth-order valence-corrected chi connectivity index (χ4v) is 2.86. The van der Waals surface area contributed by atoms with Crippen LogP contribution in [0.25, 0.3) is 0 Å². The molecule has 4 heteroatoms. The molecule has 1 aliphatic rings. The van der Waals surface area contributed by atoms with Crippen molar-refractivity contribution in [1.29, 1.82) is 0 Å². The van der Waals surface area contributed by atoms with E-state index in [9.17, 15) is 8.78 Å². The SMILES string of the molecule is CCNC(CCOCC(F)F)C1CC1c1ccccc1. The standard InChI is InChI=1S/C16H23F2NO/c1-2-19-15(8-9-20-11-16(17)18)14-10-13(14)12-6-4-3-5-7-12/h3-7,13-16,19H,2,8-11H2,1H3. The maximum Gasteiger partial charge on any atom is 0.261 e. The van der Waals surface area contributed by atoms with Crippen LogP contribution in [0.5, 0.6) is 0 Å². The molecule has 0 aliphatic heterocycles. The van der Waals surface area contributed by atoms with Crippen LogP contribution in [0.4, 0.5) is 8.78 Å². The van der Waals surface area contributed by atoms with E-state index in [0.717, 1.165) is 13.0 Å². The second kappa shape index (κ2) is 7.70. The van der Waals surface area contributed by atoms with Gasteiger partial charge in [-0.1, -0.05) is 37.3 Å². The summed E-state index contributed by atoms with van der Waals surface area (Å²) < 4.78 is 29.0. The highest BCUT2D eigenvalue weighted by atomic mass is 19.3. The quantitative estimate of drug-likeness (QED) is 0.701. The molecule has 112 valence electrons. The average molecular weight is 283 g/mol. The molecule has 3 atom stereocenters. The van der Waals surface area contributed by atoms with E-state index in [-0.39, 0.29) is 0 Å². The largest absolute Gasteiger partial charge is 0.375 e. The maximum absolute atomic E-state index is 12.0. The lowest BCUT2D eigenvalue weighted by molar-refractivity contribution is 0.0138. The Morgan fingerprint density at radius 1 is 1.30 bits per heavy atom. The zero-order valence-electron chi connectivity index (χ0n) is 11.9. The van der Waals surface area contributed by atoms with E-state index in [1.165, 1.54) is 12.0 Å².